The molecule has 0 saturated carbocycles. The Hall–Kier alpha value is -1.81. The minimum absolute atomic E-state index is 0.183. The third-order valence-corrected chi connectivity index (χ3v) is 3.56. The summed E-state index contributed by atoms with van der Waals surface area (Å²) in [5.74, 6) is 2.03. The van der Waals surface area contributed by atoms with Crippen LogP contribution in [0.25, 0.3) is 0 Å². The van der Waals surface area contributed by atoms with Crippen LogP contribution in [0.4, 0.5) is 0 Å². The van der Waals surface area contributed by atoms with Gasteiger partial charge in [-0.15, -0.1) is 0 Å². The molecule has 2 unspecified atom stereocenters. The highest BCUT2D eigenvalue weighted by molar-refractivity contribution is 5.37. The summed E-state index contributed by atoms with van der Waals surface area (Å²) < 4.78 is 6.07. The number of H-pyrrole nitrogens is 1. The number of para-hydroxylation sites is 1. The van der Waals surface area contributed by atoms with Crippen molar-refractivity contribution in [3.8, 4) is 5.75 Å². The molecule has 0 fully saturated rings. The van der Waals surface area contributed by atoms with Gasteiger partial charge in [-0.05, 0) is 18.2 Å². The molecule has 4 nitrogen and oxygen atoms in total. The van der Waals surface area contributed by atoms with Crippen molar-refractivity contribution in [1.82, 2.24) is 15.3 Å². The van der Waals surface area contributed by atoms with Crippen LogP contribution in [-0.2, 0) is 12.8 Å². The van der Waals surface area contributed by atoms with Crippen LogP contribution in [0.2, 0.25) is 0 Å². The average molecular weight is 257 g/mol. The Bertz CT molecular complexity index is 499. The van der Waals surface area contributed by atoms with Gasteiger partial charge in [-0.2, -0.15) is 0 Å². The Morgan fingerprint density at radius 3 is 3.11 bits per heavy atom. The van der Waals surface area contributed by atoms with Gasteiger partial charge in [0.1, 0.15) is 17.7 Å². The molecule has 4 heteroatoms. The van der Waals surface area contributed by atoms with Gasteiger partial charge in [0.25, 0.3) is 0 Å². The summed E-state index contributed by atoms with van der Waals surface area (Å²) in [6, 6.07) is 8.56. The fourth-order valence-corrected chi connectivity index (χ4v) is 2.65. The Morgan fingerprint density at radius 2 is 2.37 bits per heavy atom. The smallest absolute Gasteiger partial charge is 0.123 e. The molecule has 1 aromatic heterocycles. The van der Waals surface area contributed by atoms with Crippen LogP contribution in [-0.4, -0.2) is 28.7 Å². The molecule has 19 heavy (non-hydrogen) atoms. The zero-order valence-electron chi connectivity index (χ0n) is 11.1. The van der Waals surface area contributed by atoms with Crippen LogP contribution in [0.1, 0.15) is 18.3 Å². The van der Waals surface area contributed by atoms with Crippen LogP contribution >= 0.6 is 0 Å². The van der Waals surface area contributed by atoms with Crippen LogP contribution < -0.4 is 10.1 Å². The highest BCUT2D eigenvalue weighted by Gasteiger charge is 2.30. The predicted octanol–water partition coefficient (Wildman–Crippen LogP) is 1.93. The fourth-order valence-electron chi connectivity index (χ4n) is 2.65. The topological polar surface area (TPSA) is 49.9 Å². The van der Waals surface area contributed by atoms with Gasteiger partial charge in [0.2, 0.25) is 0 Å². The summed E-state index contributed by atoms with van der Waals surface area (Å²) >= 11 is 0. The number of fused-ring (bicyclic) bond motifs is 1. The molecule has 0 bridgehead atoms. The molecular weight excluding hydrogens is 238 g/mol. The Labute approximate surface area is 113 Å². The normalized spacial score (nSPS) is 18.9. The number of likely N-dealkylation sites (N-methyl/N-ethyl adjacent to an activating group) is 1. The van der Waals surface area contributed by atoms with E-state index in [2.05, 4.69) is 34.3 Å². The number of aromatic amines is 1. The Kier molecular flexibility index (Phi) is 3.51. The molecule has 1 aliphatic heterocycles. The lowest BCUT2D eigenvalue weighted by Crippen LogP contribution is -2.44. The van der Waals surface area contributed by atoms with Crippen LogP contribution in [0.15, 0.2) is 36.7 Å². The number of benzene rings is 1. The number of hydrogen-bond donors (Lipinski definition) is 2. The van der Waals surface area contributed by atoms with E-state index in [1.165, 1.54) is 5.56 Å². The van der Waals surface area contributed by atoms with E-state index < -0.39 is 0 Å². The average Bonchev–Trinajstić information content (AvgIpc) is 3.06. The Morgan fingerprint density at radius 1 is 1.47 bits per heavy atom. The van der Waals surface area contributed by atoms with Crippen molar-refractivity contribution < 1.29 is 4.74 Å². The second-order valence-corrected chi connectivity index (χ2v) is 4.87. The van der Waals surface area contributed by atoms with Gasteiger partial charge < -0.3 is 15.0 Å². The van der Waals surface area contributed by atoms with E-state index >= 15 is 0 Å². The van der Waals surface area contributed by atoms with Gasteiger partial charge in [0, 0.05) is 25.2 Å². The Balaban J connectivity index is 1.72. The zero-order chi connectivity index (χ0) is 13.1. The summed E-state index contributed by atoms with van der Waals surface area (Å²) in [6.45, 7) is 3.05. The van der Waals surface area contributed by atoms with E-state index in [1.54, 1.807) is 6.20 Å². The van der Waals surface area contributed by atoms with Gasteiger partial charge in [0.05, 0.1) is 6.04 Å². The molecule has 2 atom stereocenters. The molecule has 2 heterocycles. The third kappa shape index (κ3) is 2.63. The SMILES string of the molecule is CCNC(Cc1ncc[nH]1)C1Cc2ccccc2O1. The van der Waals surface area contributed by atoms with Gasteiger partial charge >= 0.3 is 0 Å². The first-order valence-corrected chi connectivity index (χ1v) is 6.83. The minimum Gasteiger partial charge on any atom is -0.488 e. The molecule has 1 aliphatic rings. The predicted molar refractivity (Wildman–Crippen MR) is 74.3 cm³/mol. The van der Waals surface area contributed by atoms with Crippen molar-refractivity contribution in [2.75, 3.05) is 6.54 Å². The monoisotopic (exact) mass is 257 g/mol. The molecule has 100 valence electrons. The van der Waals surface area contributed by atoms with E-state index in [1.807, 2.05) is 18.3 Å². The van der Waals surface area contributed by atoms with E-state index in [4.69, 9.17) is 4.74 Å². The molecule has 0 amide bonds. The fraction of sp³-hybridized carbons (Fsp3) is 0.400. The summed E-state index contributed by atoms with van der Waals surface area (Å²) in [5, 5.41) is 3.51. The van der Waals surface area contributed by atoms with Crippen molar-refractivity contribution in [3.05, 3.63) is 48.0 Å². The molecule has 0 aliphatic carbocycles. The van der Waals surface area contributed by atoms with Crippen LogP contribution in [0.3, 0.4) is 0 Å². The molecular formula is C15H19N3O. The standard InChI is InChI=1S/C15H19N3O/c1-2-16-12(10-15-17-7-8-18-15)14-9-11-5-3-4-6-13(11)19-14/h3-8,12,14,16H,2,9-10H2,1H3,(H,17,18). The highest BCUT2D eigenvalue weighted by atomic mass is 16.5. The number of nitrogens with one attached hydrogen (secondary N) is 2. The number of aromatic nitrogens is 2. The molecule has 2 N–H and O–H groups in total. The lowest BCUT2D eigenvalue weighted by atomic mass is 10.0. The second kappa shape index (κ2) is 5.45. The lowest BCUT2D eigenvalue weighted by Gasteiger charge is -2.23. The van der Waals surface area contributed by atoms with Crippen molar-refractivity contribution in [2.45, 2.75) is 31.9 Å². The maximum atomic E-state index is 6.07. The van der Waals surface area contributed by atoms with Gasteiger partial charge in [-0.1, -0.05) is 25.1 Å². The first-order valence-electron chi connectivity index (χ1n) is 6.83. The first kappa shape index (κ1) is 12.2. The number of rotatable bonds is 5. The number of hydrogen-bond acceptors (Lipinski definition) is 3. The summed E-state index contributed by atoms with van der Waals surface area (Å²) in [4.78, 5) is 7.47. The van der Waals surface area contributed by atoms with E-state index in [0.29, 0.717) is 0 Å². The van der Waals surface area contributed by atoms with E-state index in [0.717, 1.165) is 31.0 Å². The zero-order valence-corrected chi connectivity index (χ0v) is 11.1. The summed E-state index contributed by atoms with van der Waals surface area (Å²) in [6.07, 6.45) is 5.67. The number of ether oxygens (including phenoxy) is 1. The maximum Gasteiger partial charge on any atom is 0.123 e. The molecule has 0 radical (unpaired) electrons. The van der Waals surface area contributed by atoms with Crippen LogP contribution in [0, 0.1) is 0 Å². The molecule has 0 spiro atoms. The summed E-state index contributed by atoms with van der Waals surface area (Å²) in [7, 11) is 0. The second-order valence-electron chi connectivity index (χ2n) is 4.87. The van der Waals surface area contributed by atoms with Gasteiger partial charge in [-0.25, -0.2) is 4.98 Å². The molecule has 1 aromatic carbocycles. The summed E-state index contributed by atoms with van der Waals surface area (Å²) in [5.41, 5.74) is 1.30. The van der Waals surface area contributed by atoms with Crippen LogP contribution in [0.5, 0.6) is 5.75 Å². The molecule has 0 saturated heterocycles. The maximum absolute atomic E-state index is 6.07. The van der Waals surface area contributed by atoms with Crippen molar-refractivity contribution in [1.29, 1.82) is 0 Å². The molecule has 2 aromatic rings. The largest absolute Gasteiger partial charge is 0.488 e. The highest BCUT2D eigenvalue weighted by Crippen LogP contribution is 2.30. The van der Waals surface area contributed by atoms with E-state index in [9.17, 15) is 0 Å². The lowest BCUT2D eigenvalue weighted by molar-refractivity contribution is 0.177. The van der Waals surface area contributed by atoms with Crippen molar-refractivity contribution in [2.24, 2.45) is 0 Å². The molecule has 3 rings (SSSR count). The number of nitrogens with zero attached hydrogens (tertiary/aromatic N) is 1. The minimum atomic E-state index is 0.183. The quantitative estimate of drug-likeness (QED) is 0.860. The van der Waals surface area contributed by atoms with Crippen molar-refractivity contribution >= 4 is 0 Å². The number of imidazole rings is 1. The van der Waals surface area contributed by atoms with Crippen molar-refractivity contribution in [3.63, 3.8) is 0 Å². The van der Waals surface area contributed by atoms with Gasteiger partial charge in [-0.3, -0.25) is 0 Å². The van der Waals surface area contributed by atoms with Gasteiger partial charge in [0.15, 0.2) is 0 Å². The van der Waals surface area contributed by atoms with E-state index in [-0.39, 0.29) is 12.1 Å². The third-order valence-electron chi connectivity index (χ3n) is 3.56. The first-order chi connectivity index (χ1) is 9.36.